The predicted octanol–water partition coefficient (Wildman–Crippen LogP) is 2.40. The molecule has 0 fully saturated rings. The van der Waals surface area contributed by atoms with E-state index in [1.165, 1.54) is 5.56 Å². The second-order valence-electron chi connectivity index (χ2n) is 4.62. The summed E-state index contributed by atoms with van der Waals surface area (Å²) in [5, 5.41) is 8.70. The zero-order valence-corrected chi connectivity index (χ0v) is 10.7. The van der Waals surface area contributed by atoms with E-state index >= 15 is 0 Å². The summed E-state index contributed by atoms with van der Waals surface area (Å²) in [6.07, 6.45) is 3.51. The van der Waals surface area contributed by atoms with Crippen LogP contribution in [0.25, 0.3) is 16.8 Å². The summed E-state index contributed by atoms with van der Waals surface area (Å²) in [5.74, 6) is -0.0124. The van der Waals surface area contributed by atoms with Gasteiger partial charge in [0, 0.05) is 11.9 Å². The second-order valence-corrected chi connectivity index (χ2v) is 4.62. The summed E-state index contributed by atoms with van der Waals surface area (Å²) in [5.41, 5.74) is 4.20. The van der Waals surface area contributed by atoms with Crippen molar-refractivity contribution in [2.75, 3.05) is 0 Å². The topological polar surface area (TPSA) is 70.4 Å². The van der Waals surface area contributed by atoms with Gasteiger partial charge in [0.15, 0.2) is 0 Å². The third-order valence-electron chi connectivity index (χ3n) is 3.35. The van der Waals surface area contributed by atoms with Crippen LogP contribution in [0.5, 0.6) is 0 Å². The van der Waals surface area contributed by atoms with Crippen LogP contribution in [-0.4, -0.2) is 25.4 Å². The Morgan fingerprint density at radius 2 is 2.32 bits per heavy atom. The molecule has 0 saturated heterocycles. The Bertz CT molecular complexity index is 755. The van der Waals surface area contributed by atoms with E-state index in [2.05, 4.69) is 23.0 Å². The minimum Gasteiger partial charge on any atom is -0.481 e. The van der Waals surface area contributed by atoms with E-state index in [-0.39, 0.29) is 6.42 Å². The quantitative estimate of drug-likeness (QED) is 0.754. The molecule has 19 heavy (non-hydrogen) atoms. The Balaban J connectivity index is 2.07. The van der Waals surface area contributed by atoms with Crippen LogP contribution in [-0.2, 0) is 17.6 Å². The van der Waals surface area contributed by atoms with E-state index in [1.54, 1.807) is 0 Å². The SMILES string of the molecule is CCc1cccc2c1nc1[nH]c(CCC(=O)O)cn12. The fraction of sp³-hybridized carbons (Fsp3) is 0.286. The number of imidazole rings is 2. The maximum absolute atomic E-state index is 10.6. The molecule has 0 aliphatic rings. The van der Waals surface area contributed by atoms with Gasteiger partial charge >= 0.3 is 5.97 Å². The smallest absolute Gasteiger partial charge is 0.303 e. The number of benzene rings is 1. The van der Waals surface area contributed by atoms with Crippen molar-refractivity contribution in [1.82, 2.24) is 14.4 Å². The van der Waals surface area contributed by atoms with Gasteiger partial charge in [0.1, 0.15) is 0 Å². The van der Waals surface area contributed by atoms with Crippen molar-refractivity contribution < 1.29 is 9.90 Å². The van der Waals surface area contributed by atoms with Gasteiger partial charge in [-0.25, -0.2) is 4.98 Å². The number of carboxylic acid groups (broad SMARTS) is 1. The van der Waals surface area contributed by atoms with E-state index in [1.807, 2.05) is 22.7 Å². The molecule has 3 aromatic rings. The Kier molecular flexibility index (Phi) is 2.74. The lowest BCUT2D eigenvalue weighted by Crippen LogP contribution is -1.97. The van der Waals surface area contributed by atoms with Gasteiger partial charge in [0.05, 0.1) is 17.5 Å². The van der Waals surface area contributed by atoms with Gasteiger partial charge < -0.3 is 10.1 Å². The minimum absolute atomic E-state index is 0.127. The molecule has 0 radical (unpaired) electrons. The average molecular weight is 257 g/mol. The molecule has 1 aromatic carbocycles. The highest BCUT2D eigenvalue weighted by molar-refractivity contribution is 5.83. The van der Waals surface area contributed by atoms with Crippen molar-refractivity contribution >= 4 is 22.8 Å². The lowest BCUT2D eigenvalue weighted by molar-refractivity contribution is -0.136. The molecule has 98 valence electrons. The number of hydrogen-bond donors (Lipinski definition) is 2. The molecule has 0 atom stereocenters. The molecule has 0 saturated carbocycles. The van der Waals surface area contributed by atoms with Crippen molar-refractivity contribution in [1.29, 1.82) is 0 Å². The molecule has 2 aromatic heterocycles. The van der Waals surface area contributed by atoms with Gasteiger partial charge in [0.2, 0.25) is 5.78 Å². The summed E-state index contributed by atoms with van der Waals surface area (Å²) in [6.45, 7) is 2.11. The lowest BCUT2D eigenvalue weighted by atomic mass is 10.1. The number of aromatic nitrogens is 3. The molecule has 5 heteroatoms. The van der Waals surface area contributed by atoms with E-state index in [0.29, 0.717) is 6.42 Å². The van der Waals surface area contributed by atoms with Crippen molar-refractivity contribution in [3.63, 3.8) is 0 Å². The number of carbonyl (C=O) groups is 1. The van der Waals surface area contributed by atoms with E-state index in [9.17, 15) is 4.79 Å². The summed E-state index contributed by atoms with van der Waals surface area (Å²) in [6, 6.07) is 6.14. The number of nitrogens with zero attached hydrogens (tertiary/aromatic N) is 2. The second kappa shape index (κ2) is 4.42. The molecular weight excluding hydrogens is 242 g/mol. The number of aliphatic carboxylic acids is 1. The van der Waals surface area contributed by atoms with Crippen LogP contribution < -0.4 is 0 Å². The van der Waals surface area contributed by atoms with Gasteiger partial charge in [-0.05, 0) is 24.5 Å². The number of para-hydroxylation sites is 1. The molecular formula is C14H15N3O2. The molecule has 2 heterocycles. The van der Waals surface area contributed by atoms with Crippen molar-refractivity contribution in [2.45, 2.75) is 26.2 Å². The highest BCUT2D eigenvalue weighted by Gasteiger charge is 2.10. The maximum Gasteiger partial charge on any atom is 0.303 e. The van der Waals surface area contributed by atoms with Crippen LogP contribution in [0.4, 0.5) is 0 Å². The summed E-state index contributed by atoms with van der Waals surface area (Å²) in [7, 11) is 0. The summed E-state index contributed by atoms with van der Waals surface area (Å²) >= 11 is 0. The first kappa shape index (κ1) is 11.8. The molecule has 0 aliphatic carbocycles. The van der Waals surface area contributed by atoms with E-state index in [4.69, 9.17) is 5.11 Å². The normalized spacial score (nSPS) is 11.4. The van der Waals surface area contributed by atoms with Gasteiger partial charge in [-0.3, -0.25) is 9.20 Å². The van der Waals surface area contributed by atoms with Crippen LogP contribution in [0.15, 0.2) is 24.4 Å². The highest BCUT2D eigenvalue weighted by atomic mass is 16.4. The molecule has 5 nitrogen and oxygen atoms in total. The number of aryl methyl sites for hydroxylation is 2. The molecule has 0 unspecified atom stereocenters. The first-order chi connectivity index (χ1) is 9.19. The molecule has 0 bridgehead atoms. The Labute approximate surface area is 109 Å². The largest absolute Gasteiger partial charge is 0.481 e. The number of carboxylic acids is 1. The Hall–Kier alpha value is -2.30. The minimum atomic E-state index is -0.787. The number of fused-ring (bicyclic) bond motifs is 3. The Morgan fingerprint density at radius 1 is 1.47 bits per heavy atom. The van der Waals surface area contributed by atoms with Gasteiger partial charge in [-0.15, -0.1) is 0 Å². The monoisotopic (exact) mass is 257 g/mol. The number of rotatable bonds is 4. The Morgan fingerprint density at radius 3 is 3.05 bits per heavy atom. The van der Waals surface area contributed by atoms with Crippen LogP contribution in [0, 0.1) is 0 Å². The van der Waals surface area contributed by atoms with Gasteiger partial charge in [0.25, 0.3) is 0 Å². The maximum atomic E-state index is 10.6. The van der Waals surface area contributed by atoms with Crippen LogP contribution >= 0.6 is 0 Å². The number of H-pyrrole nitrogens is 1. The predicted molar refractivity (Wildman–Crippen MR) is 72.4 cm³/mol. The number of nitrogens with one attached hydrogen (secondary N) is 1. The molecule has 0 aliphatic heterocycles. The third-order valence-corrected chi connectivity index (χ3v) is 3.35. The average Bonchev–Trinajstić information content (AvgIpc) is 2.93. The van der Waals surface area contributed by atoms with Crippen LogP contribution in [0.1, 0.15) is 24.6 Å². The van der Waals surface area contributed by atoms with Crippen molar-refractivity contribution in [3.05, 3.63) is 35.7 Å². The van der Waals surface area contributed by atoms with E-state index in [0.717, 1.165) is 28.9 Å². The molecule has 3 rings (SSSR count). The van der Waals surface area contributed by atoms with Crippen LogP contribution in [0.2, 0.25) is 0 Å². The first-order valence-corrected chi connectivity index (χ1v) is 6.38. The zero-order chi connectivity index (χ0) is 13.4. The summed E-state index contributed by atoms with van der Waals surface area (Å²) < 4.78 is 1.99. The van der Waals surface area contributed by atoms with Crippen molar-refractivity contribution in [3.8, 4) is 0 Å². The standard InChI is InChI=1S/C14H15N3O2/c1-2-9-4-3-5-11-13(9)16-14-15-10(8-17(11)14)6-7-12(18)19/h3-5,8H,2,6-7H2,1H3,(H,15,16)(H,18,19). The molecule has 0 amide bonds. The fourth-order valence-electron chi connectivity index (χ4n) is 2.38. The number of aromatic amines is 1. The van der Waals surface area contributed by atoms with E-state index < -0.39 is 5.97 Å². The highest BCUT2D eigenvalue weighted by Crippen LogP contribution is 2.21. The van der Waals surface area contributed by atoms with Crippen molar-refractivity contribution in [2.24, 2.45) is 0 Å². The van der Waals surface area contributed by atoms with Gasteiger partial charge in [-0.2, -0.15) is 0 Å². The first-order valence-electron chi connectivity index (χ1n) is 6.38. The zero-order valence-electron chi connectivity index (χ0n) is 10.7. The van der Waals surface area contributed by atoms with Gasteiger partial charge in [-0.1, -0.05) is 19.1 Å². The third kappa shape index (κ3) is 1.97. The van der Waals surface area contributed by atoms with Crippen LogP contribution in [0.3, 0.4) is 0 Å². The molecule has 2 N–H and O–H groups in total. The summed E-state index contributed by atoms with van der Waals surface area (Å²) in [4.78, 5) is 18.4. The molecule has 0 spiro atoms. The lowest BCUT2D eigenvalue weighted by Gasteiger charge is -1.97. The fourth-order valence-corrected chi connectivity index (χ4v) is 2.38. The number of hydrogen-bond acceptors (Lipinski definition) is 2.